The fourth-order valence-electron chi connectivity index (χ4n) is 3.88. The van der Waals surface area contributed by atoms with E-state index in [0.717, 1.165) is 54.9 Å². The number of methoxy groups -OCH3 is 1. The summed E-state index contributed by atoms with van der Waals surface area (Å²) in [4.78, 5) is 4.94. The molecule has 4 aromatic rings. The molecule has 0 saturated heterocycles. The lowest BCUT2D eigenvalue weighted by molar-refractivity contribution is 0.412. The van der Waals surface area contributed by atoms with Gasteiger partial charge in [-0.15, -0.1) is 11.3 Å². The maximum atomic E-state index is 6.15. The van der Waals surface area contributed by atoms with E-state index in [0.29, 0.717) is 0 Å². The van der Waals surface area contributed by atoms with Gasteiger partial charge in [-0.3, -0.25) is 0 Å². The summed E-state index contributed by atoms with van der Waals surface area (Å²) in [5.41, 5.74) is 6.52. The molecule has 0 bridgehead atoms. The van der Waals surface area contributed by atoms with Crippen molar-refractivity contribution in [3.05, 3.63) is 98.3 Å². The minimum atomic E-state index is 0.0557. The molecule has 4 nitrogen and oxygen atoms in total. The number of ether oxygens (including phenoxy) is 1. The molecule has 1 atom stereocenters. The molecule has 0 N–H and O–H groups in total. The predicted molar refractivity (Wildman–Crippen MR) is 141 cm³/mol. The minimum Gasteiger partial charge on any atom is -0.496 e. The zero-order valence-corrected chi connectivity index (χ0v) is 21.3. The van der Waals surface area contributed by atoms with Crippen molar-refractivity contribution in [3.63, 3.8) is 0 Å². The summed E-state index contributed by atoms with van der Waals surface area (Å²) in [6.07, 6.45) is 0.799. The number of benzene rings is 3. The van der Waals surface area contributed by atoms with Gasteiger partial charge in [-0.2, -0.15) is 5.10 Å². The predicted octanol–water partition coefficient (Wildman–Crippen LogP) is 7.90. The van der Waals surface area contributed by atoms with Crippen LogP contribution in [-0.4, -0.2) is 17.8 Å². The molecule has 7 heteroatoms. The smallest absolute Gasteiger partial charge is 0.207 e. The van der Waals surface area contributed by atoms with Gasteiger partial charge in [-0.1, -0.05) is 53.6 Å². The van der Waals surface area contributed by atoms with E-state index in [1.807, 2.05) is 35.3 Å². The molecular formula is C26H21BrClN3OS. The molecule has 0 aliphatic carbocycles. The highest BCUT2D eigenvalue weighted by molar-refractivity contribution is 9.10. The first-order chi connectivity index (χ1) is 16.0. The molecule has 1 aliphatic heterocycles. The minimum absolute atomic E-state index is 0.0557. The fraction of sp³-hybridized carbons (Fsp3) is 0.154. The third-order valence-electron chi connectivity index (χ3n) is 5.69. The summed E-state index contributed by atoms with van der Waals surface area (Å²) in [5, 5.41) is 10.7. The molecule has 3 aromatic carbocycles. The molecule has 0 spiro atoms. The van der Waals surface area contributed by atoms with Crippen LogP contribution in [0.15, 0.2) is 81.7 Å². The van der Waals surface area contributed by atoms with Crippen LogP contribution in [0.4, 0.5) is 5.13 Å². The summed E-state index contributed by atoms with van der Waals surface area (Å²) in [6.45, 7) is 2.09. The molecule has 1 aromatic heterocycles. The van der Waals surface area contributed by atoms with Gasteiger partial charge in [0.25, 0.3) is 0 Å². The third kappa shape index (κ3) is 4.56. The molecule has 0 radical (unpaired) electrons. The summed E-state index contributed by atoms with van der Waals surface area (Å²) >= 11 is 11.3. The van der Waals surface area contributed by atoms with E-state index in [1.54, 1.807) is 18.4 Å². The zero-order chi connectivity index (χ0) is 22.9. The lowest BCUT2D eigenvalue weighted by Gasteiger charge is -2.21. The van der Waals surface area contributed by atoms with Gasteiger partial charge in [-0.25, -0.2) is 9.99 Å². The van der Waals surface area contributed by atoms with Crippen molar-refractivity contribution in [1.29, 1.82) is 0 Å². The SMILES string of the molecule is COc1ccc(-c2csc(N3N=C(c4ccc(C)cc4)C[C@@H]3c3ccc(Cl)cc3)n2)cc1Br. The molecule has 5 rings (SSSR count). The van der Waals surface area contributed by atoms with Gasteiger partial charge in [0.05, 0.1) is 29.0 Å². The van der Waals surface area contributed by atoms with Crippen LogP contribution in [0.1, 0.15) is 29.2 Å². The second-order valence-corrected chi connectivity index (χ2v) is 10.0. The van der Waals surface area contributed by atoms with E-state index < -0.39 is 0 Å². The van der Waals surface area contributed by atoms with Gasteiger partial charge in [0.2, 0.25) is 5.13 Å². The molecule has 33 heavy (non-hydrogen) atoms. The van der Waals surface area contributed by atoms with Crippen molar-refractivity contribution >= 4 is 49.7 Å². The van der Waals surface area contributed by atoms with E-state index in [2.05, 4.69) is 64.6 Å². The molecule has 0 amide bonds. The van der Waals surface area contributed by atoms with Gasteiger partial charge in [0, 0.05) is 22.4 Å². The second kappa shape index (κ2) is 9.29. The number of hydrogen-bond donors (Lipinski definition) is 0. The molecule has 166 valence electrons. The van der Waals surface area contributed by atoms with E-state index in [-0.39, 0.29) is 6.04 Å². The van der Waals surface area contributed by atoms with Crippen molar-refractivity contribution in [3.8, 4) is 17.0 Å². The molecule has 0 saturated carbocycles. The number of aromatic nitrogens is 1. The number of rotatable bonds is 5. The second-order valence-electron chi connectivity index (χ2n) is 7.89. The zero-order valence-electron chi connectivity index (χ0n) is 18.1. The number of hydrazone groups is 1. The Bertz CT molecular complexity index is 1320. The standard InChI is InChI=1S/C26H21BrClN3OS/c1-16-3-5-17(6-4-16)22-14-24(18-7-10-20(28)11-8-18)31(30-22)26-29-23(15-33-26)19-9-12-25(32-2)21(27)13-19/h3-13,15,24H,14H2,1-2H3/t24-/m1/s1. The monoisotopic (exact) mass is 537 g/mol. The molecule has 2 heterocycles. The van der Waals surface area contributed by atoms with E-state index >= 15 is 0 Å². The fourth-order valence-corrected chi connectivity index (χ4v) is 5.38. The van der Waals surface area contributed by atoms with Crippen LogP contribution in [0.25, 0.3) is 11.3 Å². The number of thiazole rings is 1. The van der Waals surface area contributed by atoms with E-state index in [1.165, 1.54) is 5.56 Å². The van der Waals surface area contributed by atoms with Gasteiger partial charge < -0.3 is 4.74 Å². The largest absolute Gasteiger partial charge is 0.496 e. The number of hydrogen-bond acceptors (Lipinski definition) is 5. The van der Waals surface area contributed by atoms with Crippen LogP contribution in [0.2, 0.25) is 5.02 Å². The van der Waals surface area contributed by atoms with Gasteiger partial charge in [-0.05, 0) is 64.3 Å². The van der Waals surface area contributed by atoms with Crippen LogP contribution in [-0.2, 0) is 0 Å². The highest BCUT2D eigenvalue weighted by Crippen LogP contribution is 2.40. The molecule has 0 fully saturated rings. The van der Waals surface area contributed by atoms with Crippen LogP contribution < -0.4 is 9.75 Å². The highest BCUT2D eigenvalue weighted by atomic mass is 79.9. The van der Waals surface area contributed by atoms with Crippen LogP contribution in [0.3, 0.4) is 0 Å². The average Bonchev–Trinajstić information content (AvgIpc) is 3.48. The Hall–Kier alpha value is -2.67. The van der Waals surface area contributed by atoms with Crippen molar-refractivity contribution in [1.82, 2.24) is 4.98 Å². The van der Waals surface area contributed by atoms with E-state index in [4.69, 9.17) is 26.4 Å². The first-order valence-corrected chi connectivity index (χ1v) is 12.6. The van der Waals surface area contributed by atoms with Crippen molar-refractivity contribution < 1.29 is 4.74 Å². The Morgan fingerprint density at radius 1 is 1.03 bits per heavy atom. The number of anilines is 1. The summed E-state index contributed by atoms with van der Waals surface area (Å²) < 4.78 is 6.25. The quantitative estimate of drug-likeness (QED) is 0.259. The molecular weight excluding hydrogens is 518 g/mol. The average molecular weight is 539 g/mol. The van der Waals surface area contributed by atoms with Crippen molar-refractivity contribution in [2.75, 3.05) is 12.1 Å². The Morgan fingerprint density at radius 3 is 2.45 bits per heavy atom. The Labute approximate surface area is 210 Å². The van der Waals surface area contributed by atoms with Crippen LogP contribution in [0.5, 0.6) is 5.75 Å². The first kappa shape index (κ1) is 22.1. The Kier molecular flexibility index (Phi) is 6.23. The number of halogens is 2. The van der Waals surface area contributed by atoms with E-state index in [9.17, 15) is 0 Å². The van der Waals surface area contributed by atoms with Gasteiger partial charge in [0.15, 0.2) is 0 Å². The molecule has 0 unspecified atom stereocenters. The number of nitrogens with zero attached hydrogens (tertiary/aromatic N) is 3. The summed E-state index contributed by atoms with van der Waals surface area (Å²) in [6, 6.07) is 22.6. The Morgan fingerprint density at radius 2 is 1.76 bits per heavy atom. The number of aryl methyl sites for hydroxylation is 1. The van der Waals surface area contributed by atoms with Gasteiger partial charge >= 0.3 is 0 Å². The van der Waals surface area contributed by atoms with Crippen molar-refractivity contribution in [2.45, 2.75) is 19.4 Å². The highest BCUT2D eigenvalue weighted by Gasteiger charge is 2.31. The lowest BCUT2D eigenvalue weighted by Crippen LogP contribution is -2.18. The first-order valence-electron chi connectivity index (χ1n) is 10.5. The van der Waals surface area contributed by atoms with Gasteiger partial charge in [0.1, 0.15) is 5.75 Å². The Balaban J connectivity index is 1.52. The normalized spacial score (nSPS) is 15.6. The van der Waals surface area contributed by atoms with Crippen molar-refractivity contribution in [2.24, 2.45) is 5.10 Å². The molecule has 1 aliphatic rings. The third-order valence-corrected chi connectivity index (χ3v) is 7.39. The van der Waals surface area contributed by atoms with Crippen LogP contribution in [0, 0.1) is 6.92 Å². The summed E-state index contributed by atoms with van der Waals surface area (Å²) in [5.74, 6) is 0.795. The summed E-state index contributed by atoms with van der Waals surface area (Å²) in [7, 11) is 1.66. The maximum Gasteiger partial charge on any atom is 0.207 e. The van der Waals surface area contributed by atoms with Crippen LogP contribution >= 0.6 is 38.9 Å². The lowest BCUT2D eigenvalue weighted by atomic mass is 9.98. The maximum absolute atomic E-state index is 6.15. The topological polar surface area (TPSA) is 37.7 Å².